The molecule has 124 valence electrons. The Labute approximate surface area is 134 Å². The summed E-state index contributed by atoms with van der Waals surface area (Å²) in [5, 5.41) is 9.42. The number of ether oxygens (including phenoxy) is 1. The maximum atomic E-state index is 12.4. The minimum absolute atomic E-state index is 0.318. The minimum atomic E-state index is -1.25. The maximum Gasteiger partial charge on any atom is 0.371 e. The summed E-state index contributed by atoms with van der Waals surface area (Å²) in [4.78, 5) is 23.5. The van der Waals surface area contributed by atoms with Crippen molar-refractivity contribution in [2.24, 2.45) is 5.92 Å². The lowest BCUT2D eigenvalue weighted by atomic mass is 10.1. The van der Waals surface area contributed by atoms with E-state index in [2.05, 4.69) is 13.8 Å². The SMILES string of the molecule is CCCc1ccc(OCCC(C)C)c2c(=O)cc(C(=O)O)oc12. The monoisotopic (exact) mass is 318 g/mol. The zero-order valence-electron chi connectivity index (χ0n) is 13.7. The molecule has 2 rings (SSSR count). The molecule has 0 atom stereocenters. The fraction of sp³-hybridized carbons (Fsp3) is 0.444. The molecule has 0 fully saturated rings. The molecule has 5 nitrogen and oxygen atoms in total. The Morgan fingerprint density at radius 2 is 2.09 bits per heavy atom. The van der Waals surface area contributed by atoms with Gasteiger partial charge in [-0.2, -0.15) is 0 Å². The predicted molar refractivity (Wildman–Crippen MR) is 88.4 cm³/mol. The van der Waals surface area contributed by atoms with Crippen LogP contribution in [0.15, 0.2) is 27.4 Å². The second-order valence-corrected chi connectivity index (χ2v) is 5.99. The average Bonchev–Trinajstić information content (AvgIpc) is 2.48. The number of hydrogen-bond acceptors (Lipinski definition) is 4. The summed E-state index contributed by atoms with van der Waals surface area (Å²) >= 11 is 0. The molecule has 1 aromatic heterocycles. The van der Waals surface area contributed by atoms with Crippen LogP contribution in [0.2, 0.25) is 0 Å². The van der Waals surface area contributed by atoms with Gasteiger partial charge in [-0.15, -0.1) is 0 Å². The van der Waals surface area contributed by atoms with E-state index in [-0.39, 0.29) is 11.2 Å². The molecule has 1 aromatic carbocycles. The number of hydrogen-bond donors (Lipinski definition) is 1. The summed E-state index contributed by atoms with van der Waals surface area (Å²) in [6.45, 7) is 6.71. The highest BCUT2D eigenvalue weighted by atomic mass is 16.5. The topological polar surface area (TPSA) is 76.7 Å². The highest BCUT2D eigenvalue weighted by Crippen LogP contribution is 2.28. The van der Waals surface area contributed by atoms with E-state index < -0.39 is 5.97 Å². The quantitative estimate of drug-likeness (QED) is 0.838. The molecule has 0 aliphatic carbocycles. The van der Waals surface area contributed by atoms with Crippen LogP contribution in [0.5, 0.6) is 5.75 Å². The molecule has 1 N–H and O–H groups in total. The highest BCUT2D eigenvalue weighted by molar-refractivity contribution is 5.91. The molecule has 23 heavy (non-hydrogen) atoms. The van der Waals surface area contributed by atoms with Crippen molar-refractivity contribution in [3.63, 3.8) is 0 Å². The van der Waals surface area contributed by atoms with E-state index in [9.17, 15) is 9.59 Å². The first kappa shape index (κ1) is 17.1. The summed E-state index contributed by atoms with van der Waals surface area (Å²) in [5.74, 6) is -0.654. The molecule has 0 amide bonds. The number of carbonyl (C=O) groups is 1. The lowest BCUT2D eigenvalue weighted by molar-refractivity contribution is 0.0663. The third-order valence-electron chi connectivity index (χ3n) is 3.60. The third kappa shape index (κ3) is 3.92. The number of benzene rings is 1. The molecular weight excluding hydrogens is 296 g/mol. The fourth-order valence-corrected chi connectivity index (χ4v) is 2.38. The molecule has 5 heteroatoms. The molecule has 2 aromatic rings. The Hall–Kier alpha value is -2.30. The second-order valence-electron chi connectivity index (χ2n) is 5.99. The molecule has 0 aliphatic heterocycles. The number of aryl methyl sites for hydroxylation is 1. The van der Waals surface area contributed by atoms with Crippen molar-refractivity contribution in [3.8, 4) is 5.75 Å². The van der Waals surface area contributed by atoms with Crippen LogP contribution in [0.3, 0.4) is 0 Å². The lowest BCUT2D eigenvalue weighted by Gasteiger charge is -2.12. The zero-order chi connectivity index (χ0) is 17.0. The van der Waals surface area contributed by atoms with Gasteiger partial charge in [0.05, 0.1) is 6.61 Å². The van der Waals surface area contributed by atoms with Gasteiger partial charge in [-0.1, -0.05) is 33.3 Å². The van der Waals surface area contributed by atoms with Crippen LogP contribution in [0, 0.1) is 5.92 Å². The fourth-order valence-electron chi connectivity index (χ4n) is 2.38. The third-order valence-corrected chi connectivity index (χ3v) is 3.60. The van der Waals surface area contributed by atoms with Gasteiger partial charge in [-0.25, -0.2) is 4.79 Å². The van der Waals surface area contributed by atoms with Gasteiger partial charge < -0.3 is 14.3 Å². The van der Waals surface area contributed by atoms with Gasteiger partial charge in [0.25, 0.3) is 0 Å². The largest absolute Gasteiger partial charge is 0.493 e. The van der Waals surface area contributed by atoms with Crippen molar-refractivity contribution < 1.29 is 19.1 Å². The first-order valence-corrected chi connectivity index (χ1v) is 7.89. The number of fused-ring (bicyclic) bond motifs is 1. The van der Waals surface area contributed by atoms with E-state index in [0.29, 0.717) is 35.7 Å². The smallest absolute Gasteiger partial charge is 0.371 e. The minimum Gasteiger partial charge on any atom is -0.493 e. The van der Waals surface area contributed by atoms with Crippen molar-refractivity contribution in [2.45, 2.75) is 40.0 Å². The summed E-state index contributed by atoms with van der Waals surface area (Å²) in [6.07, 6.45) is 2.44. The Kier molecular flexibility index (Phi) is 5.42. The van der Waals surface area contributed by atoms with Crippen molar-refractivity contribution >= 4 is 16.9 Å². The summed E-state index contributed by atoms with van der Waals surface area (Å²) in [6, 6.07) is 4.62. The average molecular weight is 318 g/mol. The van der Waals surface area contributed by atoms with E-state index in [1.54, 1.807) is 6.07 Å². The first-order chi connectivity index (χ1) is 10.9. The molecular formula is C18H22O5. The van der Waals surface area contributed by atoms with Gasteiger partial charge in [0.1, 0.15) is 16.7 Å². The van der Waals surface area contributed by atoms with E-state index in [4.69, 9.17) is 14.3 Å². The van der Waals surface area contributed by atoms with Crippen LogP contribution in [-0.2, 0) is 6.42 Å². The van der Waals surface area contributed by atoms with E-state index in [1.165, 1.54) is 0 Å². The zero-order valence-corrected chi connectivity index (χ0v) is 13.7. The molecule has 0 spiro atoms. The standard InChI is InChI=1S/C18H22O5/c1-4-5-12-6-7-14(22-9-8-11(2)3)16-13(19)10-15(18(20)21)23-17(12)16/h6-7,10-11H,4-5,8-9H2,1-3H3,(H,20,21). The Balaban J connectivity index is 2.55. The van der Waals surface area contributed by atoms with Crippen molar-refractivity contribution in [2.75, 3.05) is 6.61 Å². The van der Waals surface area contributed by atoms with Crippen LogP contribution < -0.4 is 10.2 Å². The van der Waals surface area contributed by atoms with Crippen molar-refractivity contribution in [3.05, 3.63) is 39.7 Å². The van der Waals surface area contributed by atoms with E-state index in [1.807, 2.05) is 13.0 Å². The lowest BCUT2D eigenvalue weighted by Crippen LogP contribution is -2.10. The normalized spacial score (nSPS) is 11.1. The van der Waals surface area contributed by atoms with Crippen LogP contribution >= 0.6 is 0 Å². The van der Waals surface area contributed by atoms with Gasteiger partial charge in [0.2, 0.25) is 5.76 Å². The molecule has 0 bridgehead atoms. The summed E-state index contributed by atoms with van der Waals surface area (Å²) in [7, 11) is 0. The van der Waals surface area contributed by atoms with Crippen LogP contribution in [0.4, 0.5) is 0 Å². The van der Waals surface area contributed by atoms with Crippen molar-refractivity contribution in [1.82, 2.24) is 0 Å². The molecule has 0 saturated carbocycles. The Bertz CT molecular complexity index is 758. The second kappa shape index (κ2) is 7.31. The number of carboxylic acid groups (broad SMARTS) is 1. The van der Waals surface area contributed by atoms with Crippen LogP contribution in [0.25, 0.3) is 11.0 Å². The predicted octanol–water partition coefficient (Wildman–Crippen LogP) is 3.87. The van der Waals surface area contributed by atoms with Gasteiger partial charge >= 0.3 is 5.97 Å². The van der Waals surface area contributed by atoms with Gasteiger partial charge in [0, 0.05) is 6.07 Å². The number of rotatable bonds is 7. The highest BCUT2D eigenvalue weighted by Gasteiger charge is 2.17. The van der Waals surface area contributed by atoms with Gasteiger partial charge in [0.15, 0.2) is 5.43 Å². The van der Waals surface area contributed by atoms with E-state index in [0.717, 1.165) is 24.5 Å². The molecule has 1 heterocycles. The molecule has 0 unspecified atom stereocenters. The summed E-state index contributed by atoms with van der Waals surface area (Å²) < 4.78 is 11.2. The molecule has 0 aliphatic rings. The van der Waals surface area contributed by atoms with Gasteiger partial charge in [-0.3, -0.25) is 4.79 Å². The molecule has 0 radical (unpaired) electrons. The Morgan fingerprint density at radius 3 is 2.70 bits per heavy atom. The number of carboxylic acids is 1. The Morgan fingerprint density at radius 1 is 1.35 bits per heavy atom. The first-order valence-electron chi connectivity index (χ1n) is 7.89. The van der Waals surface area contributed by atoms with Gasteiger partial charge in [-0.05, 0) is 30.4 Å². The molecule has 0 saturated heterocycles. The van der Waals surface area contributed by atoms with Crippen LogP contribution in [-0.4, -0.2) is 17.7 Å². The van der Waals surface area contributed by atoms with Crippen LogP contribution in [0.1, 0.15) is 49.7 Å². The number of aromatic carboxylic acids is 1. The maximum absolute atomic E-state index is 12.4. The van der Waals surface area contributed by atoms with E-state index >= 15 is 0 Å². The van der Waals surface area contributed by atoms with Crippen molar-refractivity contribution in [1.29, 1.82) is 0 Å². The summed E-state index contributed by atoms with van der Waals surface area (Å²) in [5.41, 5.74) is 0.749.